The molecule has 1 atom stereocenters. The van der Waals surface area contributed by atoms with Crippen LogP contribution in [0.3, 0.4) is 0 Å². The third kappa shape index (κ3) is 2.60. The first kappa shape index (κ1) is 17.6. The number of amides is 2. The summed E-state index contributed by atoms with van der Waals surface area (Å²) < 4.78 is 5.37. The number of carbonyl (C=O) groups is 2. The van der Waals surface area contributed by atoms with Gasteiger partial charge in [-0.1, -0.05) is 19.1 Å². The van der Waals surface area contributed by atoms with Crippen LogP contribution in [0.5, 0.6) is 5.75 Å². The van der Waals surface area contributed by atoms with Gasteiger partial charge >= 0.3 is 0 Å². The van der Waals surface area contributed by atoms with Crippen molar-refractivity contribution < 1.29 is 14.3 Å². The van der Waals surface area contributed by atoms with E-state index in [-0.39, 0.29) is 11.8 Å². The molecule has 5 heteroatoms. The number of rotatable bonds is 3. The largest absolute Gasteiger partial charge is 0.497 e. The number of likely N-dealkylation sites (tertiary alicyclic amines) is 1. The molecule has 0 saturated carbocycles. The third-order valence-corrected chi connectivity index (χ3v) is 5.96. The number of nitrogens with zero attached hydrogens (tertiary/aromatic N) is 2. The molecule has 4 rings (SSSR count). The number of benzene rings is 2. The second-order valence-electron chi connectivity index (χ2n) is 7.36. The normalized spacial score (nSPS) is 21.1. The number of fused-ring (bicyclic) bond motifs is 2. The highest BCUT2D eigenvalue weighted by Crippen LogP contribution is 2.48. The Labute approximate surface area is 159 Å². The van der Waals surface area contributed by atoms with Crippen LogP contribution in [0, 0.1) is 0 Å². The van der Waals surface area contributed by atoms with Crippen molar-refractivity contribution in [1.82, 2.24) is 4.90 Å². The van der Waals surface area contributed by atoms with Crippen LogP contribution in [0.4, 0.5) is 5.69 Å². The maximum Gasteiger partial charge on any atom is 0.253 e. The first-order valence-corrected chi connectivity index (χ1v) is 9.35. The summed E-state index contributed by atoms with van der Waals surface area (Å²) in [6.45, 7) is 3.07. The molecular weight excluding hydrogens is 340 g/mol. The minimum Gasteiger partial charge on any atom is -0.497 e. The van der Waals surface area contributed by atoms with Gasteiger partial charge in [0, 0.05) is 31.4 Å². The number of ether oxygens (including phenoxy) is 1. The van der Waals surface area contributed by atoms with Crippen molar-refractivity contribution in [1.29, 1.82) is 0 Å². The fourth-order valence-electron chi connectivity index (χ4n) is 4.31. The molecule has 2 aliphatic rings. The zero-order valence-electron chi connectivity index (χ0n) is 16.0. The number of likely N-dealkylation sites (N-methyl/N-ethyl adjacent to an activating group) is 1. The summed E-state index contributed by atoms with van der Waals surface area (Å²) in [5, 5.41) is 0. The molecule has 1 spiro atoms. The van der Waals surface area contributed by atoms with Crippen molar-refractivity contribution in [2.75, 3.05) is 32.1 Å². The third-order valence-electron chi connectivity index (χ3n) is 5.96. The maximum absolute atomic E-state index is 13.1. The molecule has 2 amide bonds. The van der Waals surface area contributed by atoms with Gasteiger partial charge in [-0.15, -0.1) is 0 Å². The van der Waals surface area contributed by atoms with Crippen molar-refractivity contribution in [3.8, 4) is 5.75 Å². The van der Waals surface area contributed by atoms with Crippen LogP contribution >= 0.6 is 0 Å². The molecule has 0 aromatic heterocycles. The van der Waals surface area contributed by atoms with Gasteiger partial charge in [-0.2, -0.15) is 0 Å². The van der Waals surface area contributed by atoms with Crippen LogP contribution in [-0.4, -0.2) is 44.0 Å². The van der Waals surface area contributed by atoms with Crippen molar-refractivity contribution in [3.63, 3.8) is 0 Å². The Morgan fingerprint density at radius 1 is 1.19 bits per heavy atom. The number of methoxy groups -OCH3 is 1. The number of hydrogen-bond acceptors (Lipinski definition) is 3. The fourth-order valence-corrected chi connectivity index (χ4v) is 4.31. The lowest BCUT2D eigenvalue weighted by atomic mass is 9.81. The summed E-state index contributed by atoms with van der Waals surface area (Å²) >= 11 is 0. The molecule has 1 fully saturated rings. The zero-order valence-corrected chi connectivity index (χ0v) is 16.0. The molecular formula is C22H24N2O3. The summed E-state index contributed by atoms with van der Waals surface area (Å²) in [5.41, 5.74) is 3.08. The topological polar surface area (TPSA) is 49.9 Å². The van der Waals surface area contributed by atoms with Gasteiger partial charge in [0.25, 0.3) is 5.91 Å². The van der Waals surface area contributed by atoms with E-state index in [2.05, 4.69) is 6.92 Å². The van der Waals surface area contributed by atoms with E-state index >= 15 is 0 Å². The van der Waals surface area contributed by atoms with Gasteiger partial charge in [0.2, 0.25) is 5.91 Å². The van der Waals surface area contributed by atoms with Crippen LogP contribution in [-0.2, 0) is 16.6 Å². The minimum atomic E-state index is -0.669. The molecule has 0 bridgehead atoms. The summed E-state index contributed by atoms with van der Waals surface area (Å²) in [5.74, 6) is 0.778. The molecule has 5 nitrogen and oxygen atoms in total. The molecule has 1 saturated heterocycles. The SMILES string of the molecule is CCc1ccc(C(=O)N2CC[C@]3(C2)C(=O)N(C)c2ccc(OC)cc23)cc1. The highest BCUT2D eigenvalue weighted by atomic mass is 16.5. The Kier molecular flexibility index (Phi) is 4.17. The smallest absolute Gasteiger partial charge is 0.253 e. The van der Waals surface area contributed by atoms with Crippen LogP contribution < -0.4 is 9.64 Å². The predicted molar refractivity (Wildman–Crippen MR) is 104 cm³/mol. The minimum absolute atomic E-state index is 0.0127. The van der Waals surface area contributed by atoms with Gasteiger partial charge in [0.15, 0.2) is 0 Å². The standard InChI is InChI=1S/C22H24N2O3/c1-4-15-5-7-16(8-6-15)20(25)24-12-11-22(14-24)18-13-17(27-3)9-10-19(18)23(2)21(22)26/h5-10,13H,4,11-12,14H2,1-3H3/t22-/m1/s1. The first-order valence-electron chi connectivity index (χ1n) is 9.35. The van der Waals surface area contributed by atoms with E-state index < -0.39 is 5.41 Å². The average Bonchev–Trinajstić information content (AvgIpc) is 3.25. The highest BCUT2D eigenvalue weighted by molar-refractivity contribution is 6.09. The van der Waals surface area contributed by atoms with Gasteiger partial charge in [-0.05, 0) is 54.3 Å². The van der Waals surface area contributed by atoms with Gasteiger partial charge in [0.1, 0.15) is 5.75 Å². The van der Waals surface area contributed by atoms with Crippen LogP contribution in [0.15, 0.2) is 42.5 Å². The Balaban J connectivity index is 1.65. The summed E-state index contributed by atoms with van der Waals surface area (Å²) in [7, 11) is 3.43. The molecule has 0 radical (unpaired) electrons. The summed E-state index contributed by atoms with van der Waals surface area (Å²) in [6, 6.07) is 13.5. The molecule has 140 valence electrons. The van der Waals surface area contributed by atoms with E-state index in [1.807, 2.05) is 42.5 Å². The Morgan fingerprint density at radius 3 is 2.59 bits per heavy atom. The van der Waals surface area contributed by atoms with E-state index in [1.165, 1.54) is 5.56 Å². The van der Waals surface area contributed by atoms with Crippen LogP contribution in [0.1, 0.15) is 34.8 Å². The quantitative estimate of drug-likeness (QED) is 0.841. The van der Waals surface area contributed by atoms with E-state index in [0.29, 0.717) is 25.1 Å². The van der Waals surface area contributed by atoms with Gasteiger partial charge in [0.05, 0.1) is 12.5 Å². The molecule has 0 unspecified atom stereocenters. The zero-order chi connectivity index (χ0) is 19.2. The monoisotopic (exact) mass is 364 g/mol. The van der Waals surface area contributed by atoms with Gasteiger partial charge in [-0.25, -0.2) is 0 Å². The lowest BCUT2D eigenvalue weighted by Crippen LogP contribution is -2.42. The first-order chi connectivity index (χ1) is 13.0. The van der Waals surface area contributed by atoms with E-state index in [4.69, 9.17) is 4.74 Å². The van der Waals surface area contributed by atoms with Crippen LogP contribution in [0.2, 0.25) is 0 Å². The lowest BCUT2D eigenvalue weighted by Gasteiger charge is -2.23. The van der Waals surface area contributed by atoms with Crippen molar-refractivity contribution in [2.24, 2.45) is 0 Å². The molecule has 27 heavy (non-hydrogen) atoms. The highest BCUT2D eigenvalue weighted by Gasteiger charge is 2.54. The summed E-state index contributed by atoms with van der Waals surface area (Å²) in [6.07, 6.45) is 1.58. The van der Waals surface area contributed by atoms with Gasteiger partial charge < -0.3 is 14.5 Å². The summed E-state index contributed by atoms with van der Waals surface area (Å²) in [4.78, 5) is 29.6. The Morgan fingerprint density at radius 2 is 1.93 bits per heavy atom. The number of carbonyl (C=O) groups excluding carboxylic acids is 2. The lowest BCUT2D eigenvalue weighted by molar-refractivity contribution is -0.122. The van der Waals surface area contributed by atoms with Crippen LogP contribution in [0.25, 0.3) is 0 Å². The second-order valence-corrected chi connectivity index (χ2v) is 7.36. The Hall–Kier alpha value is -2.82. The van der Waals surface area contributed by atoms with Crippen molar-refractivity contribution in [2.45, 2.75) is 25.2 Å². The average molecular weight is 364 g/mol. The molecule has 2 aliphatic heterocycles. The van der Waals surface area contributed by atoms with Crippen molar-refractivity contribution in [3.05, 3.63) is 59.2 Å². The van der Waals surface area contributed by atoms with Crippen molar-refractivity contribution >= 4 is 17.5 Å². The molecule has 0 aliphatic carbocycles. The maximum atomic E-state index is 13.1. The predicted octanol–water partition coefficient (Wildman–Crippen LogP) is 3.02. The fraction of sp³-hybridized carbons (Fsp3) is 0.364. The van der Waals surface area contributed by atoms with E-state index in [1.54, 1.807) is 24.0 Å². The Bertz CT molecular complexity index is 906. The second kappa shape index (κ2) is 6.41. The van der Waals surface area contributed by atoms with E-state index in [0.717, 1.165) is 23.4 Å². The molecule has 2 aromatic rings. The molecule has 2 aromatic carbocycles. The molecule has 0 N–H and O–H groups in total. The van der Waals surface area contributed by atoms with Gasteiger partial charge in [-0.3, -0.25) is 9.59 Å². The number of aryl methyl sites for hydroxylation is 1. The number of hydrogen-bond donors (Lipinski definition) is 0. The number of anilines is 1. The van der Waals surface area contributed by atoms with E-state index in [9.17, 15) is 9.59 Å². The molecule has 2 heterocycles.